The van der Waals surface area contributed by atoms with Crippen LogP contribution in [0, 0.1) is 11.8 Å². The smallest absolute Gasteiger partial charge is 0.403 e. The monoisotopic (exact) mass is 543 g/mol. The highest BCUT2D eigenvalue weighted by molar-refractivity contribution is 6.82. The summed E-state index contributed by atoms with van der Waals surface area (Å²) in [6.07, 6.45) is 5.24. The number of nitrogens with zero attached hydrogens (tertiary/aromatic N) is 5. The summed E-state index contributed by atoms with van der Waals surface area (Å²) < 4.78 is 26.7. The average Bonchev–Trinajstić information content (AvgIpc) is 3.19. The molecule has 11 heteroatoms. The van der Waals surface area contributed by atoms with Gasteiger partial charge in [0.1, 0.15) is 5.21 Å². The Hall–Kier alpha value is -0.810. The first kappa shape index (κ1) is 29.7. The van der Waals surface area contributed by atoms with Gasteiger partial charge < -0.3 is 23.5 Å². The van der Waals surface area contributed by atoms with Gasteiger partial charge in [-0.2, -0.15) is 0 Å². The van der Waals surface area contributed by atoms with Gasteiger partial charge in [-0.15, -0.1) is 0 Å². The van der Waals surface area contributed by atoms with E-state index in [1.54, 1.807) is 0 Å². The number of piperazine rings is 1. The summed E-state index contributed by atoms with van der Waals surface area (Å²) in [4.78, 5) is 18.2. The van der Waals surface area contributed by atoms with Crippen LogP contribution < -0.4 is 0 Å². The first-order chi connectivity index (χ1) is 17.9. The third-order valence-corrected chi connectivity index (χ3v) is 10.5. The zero-order chi connectivity index (χ0) is 28.6. The van der Waals surface area contributed by atoms with E-state index in [9.17, 15) is 0 Å². The molecule has 0 bridgehead atoms. The lowest BCUT2D eigenvalue weighted by molar-refractivity contribution is -0.0904. The standard InChI is InChI=1S/C28H51B2N5O4/c1-21-16-22(2)18-35(17-21)28(34-14-12-33(11)13-15-34)31-19-27(20-32-28,29-36-23(3,4)24(5,6)37-29)30-38-25(7,8)26(9,10)39-30/h19-22H,12-18H2,1-11H3. The van der Waals surface area contributed by atoms with Crippen LogP contribution in [-0.2, 0) is 18.6 Å². The third-order valence-electron chi connectivity index (χ3n) is 10.5. The lowest BCUT2D eigenvalue weighted by Crippen LogP contribution is -2.67. The van der Waals surface area contributed by atoms with E-state index in [2.05, 4.69) is 91.0 Å². The molecule has 2 atom stereocenters. The molecule has 0 spiro atoms. The van der Waals surface area contributed by atoms with Gasteiger partial charge in [0.25, 0.3) is 5.91 Å². The molecule has 4 fully saturated rings. The van der Waals surface area contributed by atoms with Gasteiger partial charge in [-0.25, -0.2) is 19.8 Å². The number of likely N-dealkylation sites (tertiary alicyclic amines) is 1. The molecule has 5 aliphatic heterocycles. The molecule has 4 saturated heterocycles. The Balaban J connectivity index is 1.57. The summed E-state index contributed by atoms with van der Waals surface area (Å²) in [5, 5.41) is -0.945. The van der Waals surface area contributed by atoms with Crippen molar-refractivity contribution in [3.05, 3.63) is 0 Å². The van der Waals surface area contributed by atoms with Crippen LogP contribution in [0.25, 0.3) is 0 Å². The number of hydrogen-bond acceptors (Lipinski definition) is 9. The van der Waals surface area contributed by atoms with Crippen LogP contribution >= 0.6 is 0 Å². The Morgan fingerprint density at radius 2 is 1.03 bits per heavy atom. The van der Waals surface area contributed by atoms with Crippen LogP contribution in [0.15, 0.2) is 9.98 Å². The maximum absolute atomic E-state index is 6.66. The number of piperidine rings is 1. The van der Waals surface area contributed by atoms with Gasteiger partial charge in [0.2, 0.25) is 0 Å². The Bertz CT molecular complexity index is 900. The molecular weight excluding hydrogens is 492 g/mol. The molecule has 0 N–H and O–H groups in total. The van der Waals surface area contributed by atoms with Gasteiger partial charge in [0, 0.05) is 51.7 Å². The van der Waals surface area contributed by atoms with Crippen LogP contribution in [0.1, 0.15) is 75.7 Å². The van der Waals surface area contributed by atoms with Crippen molar-refractivity contribution in [2.45, 2.75) is 109 Å². The predicted octanol–water partition coefficient (Wildman–Crippen LogP) is 3.44. The van der Waals surface area contributed by atoms with Gasteiger partial charge in [-0.3, -0.25) is 0 Å². The van der Waals surface area contributed by atoms with Crippen LogP contribution in [0.5, 0.6) is 0 Å². The fourth-order valence-corrected chi connectivity index (χ4v) is 6.45. The third kappa shape index (κ3) is 4.88. The van der Waals surface area contributed by atoms with Crippen LogP contribution in [0.2, 0.25) is 5.21 Å². The zero-order valence-electron chi connectivity index (χ0n) is 26.3. The van der Waals surface area contributed by atoms with Crippen molar-refractivity contribution >= 4 is 26.7 Å². The quantitative estimate of drug-likeness (QED) is 0.504. The molecule has 0 saturated carbocycles. The fourth-order valence-electron chi connectivity index (χ4n) is 6.45. The van der Waals surface area contributed by atoms with E-state index in [0.717, 1.165) is 39.3 Å². The molecule has 218 valence electrons. The van der Waals surface area contributed by atoms with Gasteiger partial charge in [-0.05, 0) is 80.7 Å². The van der Waals surface area contributed by atoms with Gasteiger partial charge in [0.15, 0.2) is 0 Å². The molecule has 5 heterocycles. The lowest BCUT2D eigenvalue weighted by Gasteiger charge is -2.52. The Labute approximate surface area is 237 Å². The lowest BCUT2D eigenvalue weighted by atomic mass is 9.39. The van der Waals surface area contributed by atoms with Crippen LogP contribution in [-0.4, -0.2) is 116 Å². The molecule has 2 unspecified atom stereocenters. The topological polar surface area (TPSA) is 71.4 Å². The SMILES string of the molecule is CC1CC(C)CN(C2(N3CCN(C)CC3)N=CC(B3OC(C)(C)C(C)(C)O3)(B3OC(C)(C)C(C)(C)O3)C=N2)C1. The summed E-state index contributed by atoms with van der Waals surface area (Å²) in [5.74, 6) is 0.379. The molecule has 0 radical (unpaired) electrons. The molecule has 9 nitrogen and oxygen atoms in total. The Morgan fingerprint density at radius 1 is 0.641 bits per heavy atom. The summed E-state index contributed by atoms with van der Waals surface area (Å²) in [7, 11) is 0.869. The summed E-state index contributed by atoms with van der Waals surface area (Å²) in [6, 6.07) is 0. The molecule has 0 amide bonds. The number of aliphatic imine (C=N–C) groups is 2. The molecule has 0 aromatic heterocycles. The molecule has 0 aromatic rings. The fraction of sp³-hybridized carbons (Fsp3) is 0.929. The molecule has 5 rings (SSSR count). The second-order valence-corrected chi connectivity index (χ2v) is 14.9. The second kappa shape index (κ2) is 9.61. The molecule has 39 heavy (non-hydrogen) atoms. The van der Waals surface area contributed by atoms with Gasteiger partial charge in [0.05, 0.1) is 22.4 Å². The number of rotatable bonds is 4. The molecule has 0 aromatic carbocycles. The van der Waals surface area contributed by atoms with E-state index in [4.69, 9.17) is 28.6 Å². The maximum atomic E-state index is 6.66. The molecule has 0 aliphatic carbocycles. The highest BCUT2D eigenvalue weighted by Crippen LogP contribution is 2.51. The highest BCUT2D eigenvalue weighted by Gasteiger charge is 2.70. The number of hydrogen-bond donors (Lipinski definition) is 0. The van der Waals surface area contributed by atoms with E-state index < -0.39 is 47.8 Å². The minimum atomic E-state index is -0.945. The van der Waals surface area contributed by atoms with E-state index >= 15 is 0 Å². The minimum Gasteiger partial charge on any atom is -0.403 e. The minimum absolute atomic E-state index is 0.514. The second-order valence-electron chi connectivity index (χ2n) is 14.9. The van der Waals surface area contributed by atoms with Crippen molar-refractivity contribution < 1.29 is 18.6 Å². The van der Waals surface area contributed by atoms with Crippen LogP contribution in [0.4, 0.5) is 0 Å². The Morgan fingerprint density at radius 3 is 1.41 bits per heavy atom. The zero-order valence-corrected chi connectivity index (χ0v) is 26.3. The summed E-state index contributed by atoms with van der Waals surface area (Å²) >= 11 is 0. The predicted molar refractivity (Wildman–Crippen MR) is 158 cm³/mol. The first-order valence-electron chi connectivity index (χ1n) is 15.0. The maximum Gasteiger partial charge on any atom is 0.473 e. The van der Waals surface area contributed by atoms with E-state index in [1.165, 1.54) is 6.42 Å². The van der Waals surface area contributed by atoms with Crippen molar-refractivity contribution in [1.82, 2.24) is 14.7 Å². The van der Waals surface area contributed by atoms with E-state index in [-0.39, 0.29) is 0 Å². The van der Waals surface area contributed by atoms with Crippen LogP contribution in [0.3, 0.4) is 0 Å². The first-order valence-corrected chi connectivity index (χ1v) is 15.0. The number of likely N-dealkylation sites (N-methyl/N-ethyl adjacent to an activating group) is 1. The van der Waals surface area contributed by atoms with Crippen molar-refractivity contribution in [3.8, 4) is 0 Å². The Kier molecular flexibility index (Phi) is 7.31. The highest BCUT2D eigenvalue weighted by atomic mass is 16.7. The van der Waals surface area contributed by atoms with Gasteiger partial charge >= 0.3 is 14.2 Å². The molecular formula is C28H51B2N5O4. The van der Waals surface area contributed by atoms with Gasteiger partial charge in [-0.1, -0.05) is 13.8 Å². The summed E-state index contributed by atoms with van der Waals surface area (Å²) in [5.41, 5.74) is -2.06. The van der Waals surface area contributed by atoms with Crippen molar-refractivity contribution in [1.29, 1.82) is 0 Å². The largest absolute Gasteiger partial charge is 0.473 e. The summed E-state index contributed by atoms with van der Waals surface area (Å²) in [6.45, 7) is 27.0. The average molecular weight is 543 g/mol. The van der Waals surface area contributed by atoms with E-state index in [0.29, 0.717) is 11.8 Å². The molecule has 5 aliphatic rings. The van der Waals surface area contributed by atoms with Crippen molar-refractivity contribution in [2.24, 2.45) is 21.8 Å². The van der Waals surface area contributed by atoms with Crippen molar-refractivity contribution in [2.75, 3.05) is 46.3 Å². The van der Waals surface area contributed by atoms with Crippen molar-refractivity contribution in [3.63, 3.8) is 0 Å². The van der Waals surface area contributed by atoms with E-state index in [1.807, 2.05) is 12.4 Å². The normalized spacial score (nSPS) is 35.6.